The maximum Gasteiger partial charge on any atom is 0.279 e. The maximum atomic E-state index is 13.7. The van der Waals surface area contributed by atoms with Crippen molar-refractivity contribution < 1.29 is 18.7 Å². The molecule has 160 valence electrons. The second-order valence-corrected chi connectivity index (χ2v) is 7.63. The van der Waals surface area contributed by atoms with Gasteiger partial charge in [-0.15, -0.1) is 16.4 Å². The molecule has 0 radical (unpaired) electrons. The molecule has 0 unspecified atom stereocenters. The van der Waals surface area contributed by atoms with Crippen LogP contribution in [0.5, 0.6) is 0 Å². The molecule has 8 nitrogen and oxygen atoms in total. The summed E-state index contributed by atoms with van der Waals surface area (Å²) in [6.07, 6.45) is 3.29. The Bertz CT molecular complexity index is 984. The van der Waals surface area contributed by atoms with E-state index in [1.807, 2.05) is 19.9 Å². The van der Waals surface area contributed by atoms with Gasteiger partial charge in [-0.1, -0.05) is 17.3 Å². The Kier molecular flexibility index (Phi) is 7.61. The third-order valence-electron chi connectivity index (χ3n) is 4.20. The monoisotopic (exact) mass is 433 g/mol. The van der Waals surface area contributed by atoms with Gasteiger partial charge in [-0.2, -0.15) is 0 Å². The summed E-state index contributed by atoms with van der Waals surface area (Å²) in [7, 11) is 0. The molecule has 3 rings (SSSR count). The summed E-state index contributed by atoms with van der Waals surface area (Å²) in [6.45, 7) is 6.83. The fourth-order valence-corrected chi connectivity index (χ4v) is 3.57. The standard InChI is InChI=1S/C20H24FN5O3S/c1-4-28-18(29-5-2)12-26-11-17(24-25-26)19(27)23-20-22-10-15(30-20)8-14-7-6-13(3)16(21)9-14/h6-7,9-11,18H,4-5,8,12H2,1-3H3,(H,22,23,27). The van der Waals surface area contributed by atoms with Gasteiger partial charge in [0.25, 0.3) is 5.91 Å². The first-order chi connectivity index (χ1) is 14.5. The van der Waals surface area contributed by atoms with Crippen LogP contribution in [0, 0.1) is 12.7 Å². The molecule has 1 aromatic carbocycles. The minimum atomic E-state index is -0.453. The summed E-state index contributed by atoms with van der Waals surface area (Å²) in [6, 6.07) is 5.15. The molecule has 0 saturated heterocycles. The first-order valence-electron chi connectivity index (χ1n) is 9.62. The zero-order chi connectivity index (χ0) is 21.5. The molecule has 0 saturated carbocycles. The van der Waals surface area contributed by atoms with Gasteiger partial charge in [0.05, 0.1) is 12.7 Å². The van der Waals surface area contributed by atoms with E-state index in [9.17, 15) is 9.18 Å². The number of carbonyl (C=O) groups is 1. The minimum absolute atomic E-state index is 0.166. The molecule has 0 aliphatic heterocycles. The third kappa shape index (κ3) is 5.91. The van der Waals surface area contributed by atoms with Crippen LogP contribution in [-0.2, 0) is 22.4 Å². The van der Waals surface area contributed by atoms with Crippen LogP contribution in [0.25, 0.3) is 0 Å². The predicted octanol–water partition coefficient (Wildman–Crippen LogP) is 3.42. The number of aryl methyl sites for hydroxylation is 1. The average Bonchev–Trinajstić information content (AvgIpc) is 3.35. The number of hydrogen-bond donors (Lipinski definition) is 1. The number of carbonyl (C=O) groups excluding carboxylic acids is 1. The third-order valence-corrected chi connectivity index (χ3v) is 5.11. The van der Waals surface area contributed by atoms with Gasteiger partial charge < -0.3 is 9.47 Å². The van der Waals surface area contributed by atoms with Crippen LogP contribution < -0.4 is 5.32 Å². The van der Waals surface area contributed by atoms with Crippen molar-refractivity contribution >= 4 is 22.4 Å². The smallest absolute Gasteiger partial charge is 0.279 e. The molecule has 1 N–H and O–H groups in total. The SMILES string of the molecule is CCOC(Cn1cc(C(=O)Nc2ncc(Cc3ccc(C)c(F)c3)s2)nn1)OCC. The lowest BCUT2D eigenvalue weighted by Crippen LogP contribution is -2.24. The Balaban J connectivity index is 1.58. The number of halogens is 1. The van der Waals surface area contributed by atoms with Crippen LogP contribution in [0.3, 0.4) is 0 Å². The summed E-state index contributed by atoms with van der Waals surface area (Å²) >= 11 is 1.33. The van der Waals surface area contributed by atoms with Gasteiger partial charge in [0.15, 0.2) is 17.1 Å². The summed E-state index contributed by atoms with van der Waals surface area (Å²) < 4.78 is 26.2. The van der Waals surface area contributed by atoms with E-state index < -0.39 is 12.2 Å². The molecular formula is C20H24FN5O3S. The first kappa shape index (κ1) is 22.0. The summed E-state index contributed by atoms with van der Waals surface area (Å²) in [5, 5.41) is 11.0. The van der Waals surface area contributed by atoms with Crippen molar-refractivity contribution in [3.05, 3.63) is 58.1 Å². The topological polar surface area (TPSA) is 91.2 Å². The van der Waals surface area contributed by atoms with Crippen molar-refractivity contribution in [3.8, 4) is 0 Å². The van der Waals surface area contributed by atoms with Crippen molar-refractivity contribution in [3.63, 3.8) is 0 Å². The van der Waals surface area contributed by atoms with Gasteiger partial charge in [-0.3, -0.25) is 10.1 Å². The lowest BCUT2D eigenvalue weighted by atomic mass is 10.1. The molecule has 3 aromatic rings. The fourth-order valence-electron chi connectivity index (χ4n) is 2.73. The molecule has 2 aromatic heterocycles. The van der Waals surface area contributed by atoms with Gasteiger partial charge in [0.2, 0.25) is 0 Å². The van der Waals surface area contributed by atoms with Crippen LogP contribution >= 0.6 is 11.3 Å². The molecule has 10 heteroatoms. The number of hydrogen-bond acceptors (Lipinski definition) is 7. The minimum Gasteiger partial charge on any atom is -0.351 e. The van der Waals surface area contributed by atoms with Crippen LogP contribution in [0.1, 0.15) is 40.3 Å². The van der Waals surface area contributed by atoms with Crippen LogP contribution in [-0.4, -0.2) is 45.4 Å². The lowest BCUT2D eigenvalue weighted by Gasteiger charge is -2.16. The molecule has 0 fully saturated rings. The van der Waals surface area contributed by atoms with Gasteiger partial charge >= 0.3 is 0 Å². The molecule has 0 atom stereocenters. The number of nitrogens with zero attached hydrogens (tertiary/aromatic N) is 4. The number of nitrogens with one attached hydrogen (secondary N) is 1. The Morgan fingerprint density at radius 2 is 2.07 bits per heavy atom. The van der Waals surface area contributed by atoms with E-state index >= 15 is 0 Å². The number of rotatable bonds is 10. The highest BCUT2D eigenvalue weighted by Crippen LogP contribution is 2.22. The number of ether oxygens (including phenoxy) is 2. The van der Waals surface area contributed by atoms with Crippen molar-refractivity contribution in [2.24, 2.45) is 0 Å². The fraction of sp³-hybridized carbons (Fsp3) is 0.400. The maximum absolute atomic E-state index is 13.7. The Morgan fingerprint density at radius 1 is 1.30 bits per heavy atom. The van der Waals surface area contributed by atoms with Gasteiger partial charge in [0, 0.05) is 30.7 Å². The number of benzene rings is 1. The molecule has 2 heterocycles. The molecule has 30 heavy (non-hydrogen) atoms. The molecule has 0 aliphatic rings. The largest absolute Gasteiger partial charge is 0.351 e. The average molecular weight is 434 g/mol. The summed E-state index contributed by atoms with van der Waals surface area (Å²) in [4.78, 5) is 17.6. The zero-order valence-electron chi connectivity index (χ0n) is 17.1. The van der Waals surface area contributed by atoms with Gasteiger partial charge in [-0.05, 0) is 38.0 Å². The van der Waals surface area contributed by atoms with Crippen LogP contribution in [0.15, 0.2) is 30.6 Å². The second kappa shape index (κ2) is 10.4. The number of aromatic nitrogens is 4. The van der Waals surface area contributed by atoms with E-state index in [2.05, 4.69) is 20.6 Å². The number of amides is 1. The first-order valence-corrected chi connectivity index (χ1v) is 10.4. The summed E-state index contributed by atoms with van der Waals surface area (Å²) in [5.41, 5.74) is 1.62. The van der Waals surface area contributed by atoms with Gasteiger partial charge in [-0.25, -0.2) is 14.1 Å². The van der Waals surface area contributed by atoms with E-state index in [-0.39, 0.29) is 11.5 Å². The zero-order valence-corrected chi connectivity index (χ0v) is 17.9. The Morgan fingerprint density at radius 3 is 2.77 bits per heavy atom. The lowest BCUT2D eigenvalue weighted by molar-refractivity contribution is -0.145. The van der Waals surface area contributed by atoms with Crippen LogP contribution in [0.2, 0.25) is 0 Å². The predicted molar refractivity (Wildman–Crippen MR) is 111 cm³/mol. The van der Waals surface area contributed by atoms with E-state index in [1.54, 1.807) is 19.2 Å². The Hall–Kier alpha value is -2.69. The molecule has 0 bridgehead atoms. The van der Waals surface area contributed by atoms with Gasteiger partial charge in [0.1, 0.15) is 5.82 Å². The summed E-state index contributed by atoms with van der Waals surface area (Å²) in [5.74, 6) is -0.641. The van der Waals surface area contributed by atoms with E-state index in [0.717, 1.165) is 10.4 Å². The highest BCUT2D eigenvalue weighted by atomic mass is 32.1. The van der Waals surface area contributed by atoms with Crippen molar-refractivity contribution in [2.75, 3.05) is 18.5 Å². The molecule has 0 spiro atoms. The molecule has 1 amide bonds. The van der Waals surface area contributed by atoms with E-state index in [4.69, 9.17) is 9.47 Å². The number of anilines is 1. The van der Waals surface area contributed by atoms with Crippen molar-refractivity contribution in [1.29, 1.82) is 0 Å². The highest BCUT2D eigenvalue weighted by molar-refractivity contribution is 7.15. The molecule has 0 aliphatic carbocycles. The normalized spacial score (nSPS) is 11.2. The van der Waals surface area contributed by atoms with Crippen LogP contribution in [0.4, 0.5) is 9.52 Å². The quantitative estimate of drug-likeness (QED) is 0.493. The second-order valence-electron chi connectivity index (χ2n) is 6.51. The van der Waals surface area contributed by atoms with E-state index in [0.29, 0.717) is 36.9 Å². The number of thiazole rings is 1. The molecular weight excluding hydrogens is 409 g/mol. The van der Waals surface area contributed by atoms with Crippen molar-refractivity contribution in [1.82, 2.24) is 20.0 Å². The van der Waals surface area contributed by atoms with E-state index in [1.165, 1.54) is 28.3 Å². The van der Waals surface area contributed by atoms with Crippen molar-refractivity contribution in [2.45, 2.75) is 40.0 Å². The highest BCUT2D eigenvalue weighted by Gasteiger charge is 2.16. The Labute approximate surface area is 178 Å².